The van der Waals surface area contributed by atoms with E-state index in [1.807, 2.05) is 19.9 Å². The van der Waals surface area contributed by atoms with Gasteiger partial charge in [0.1, 0.15) is 11.6 Å². The average molecular weight is 600 g/mol. The van der Waals surface area contributed by atoms with E-state index in [1.165, 1.54) is 37.4 Å². The van der Waals surface area contributed by atoms with Gasteiger partial charge in [0, 0.05) is 22.7 Å². The van der Waals surface area contributed by atoms with E-state index in [0.29, 0.717) is 10.7 Å². The molecule has 1 fully saturated rings. The number of hydrogen-bond donors (Lipinski definition) is 4. The molecule has 214 valence electrons. The van der Waals surface area contributed by atoms with Crippen LogP contribution in [0.1, 0.15) is 35.7 Å². The standard InChI is InChI=1S/C30H28Cl2FN3O5/c1-15(2)12-22-25(28(37)34-18-7-4-6-17(31)14-18)24(19-8-5-9-20(32)26(19)33)27(35-22)29(38)36-21-11-10-16(30(39)40)13-23(21)41-3/h4-14,22,24-25,27,35H,1-3H3,(H,34,37)(H,36,38)(H,39,40)/t22?,24?,25?,27-/m1/s1. The Morgan fingerprint density at radius 1 is 1.00 bits per heavy atom. The Labute approximate surface area is 246 Å². The predicted octanol–water partition coefficient (Wildman–Crippen LogP) is 6.12. The number of carbonyl (C=O) groups is 3. The molecule has 0 aromatic heterocycles. The molecule has 3 unspecified atom stereocenters. The summed E-state index contributed by atoms with van der Waals surface area (Å²) in [6.07, 6.45) is 1.81. The minimum Gasteiger partial charge on any atom is -0.495 e. The molecule has 11 heteroatoms. The van der Waals surface area contributed by atoms with E-state index in [9.17, 15) is 19.5 Å². The molecule has 0 bridgehead atoms. The SMILES string of the molecule is COc1cc(C(=O)O)ccc1NC(=O)[C@@H]1NC(C=C(C)C)C(C(=O)Nc2cccc(Cl)c2)C1c1cccc(Cl)c1F. The van der Waals surface area contributed by atoms with Crippen molar-refractivity contribution in [1.82, 2.24) is 5.32 Å². The zero-order valence-electron chi connectivity index (χ0n) is 22.4. The summed E-state index contributed by atoms with van der Waals surface area (Å²) in [6.45, 7) is 3.70. The number of benzene rings is 3. The largest absolute Gasteiger partial charge is 0.495 e. The summed E-state index contributed by atoms with van der Waals surface area (Å²) in [5, 5.41) is 18.4. The lowest BCUT2D eigenvalue weighted by atomic mass is 9.80. The molecule has 0 saturated carbocycles. The van der Waals surface area contributed by atoms with Gasteiger partial charge in [-0.3, -0.25) is 14.9 Å². The number of allylic oxidation sites excluding steroid dienone is 1. The van der Waals surface area contributed by atoms with Crippen molar-refractivity contribution in [3.8, 4) is 5.75 Å². The molecule has 4 rings (SSSR count). The average Bonchev–Trinajstić information content (AvgIpc) is 3.28. The Balaban J connectivity index is 1.78. The fourth-order valence-corrected chi connectivity index (χ4v) is 5.37. The van der Waals surface area contributed by atoms with Crippen LogP contribution in [-0.4, -0.2) is 42.1 Å². The minimum atomic E-state index is -1.16. The Bertz CT molecular complexity index is 1530. The number of nitrogens with one attached hydrogen (secondary N) is 3. The highest BCUT2D eigenvalue weighted by Crippen LogP contribution is 2.41. The normalized spacial score (nSPS) is 19.8. The van der Waals surface area contributed by atoms with Crippen LogP contribution in [0, 0.1) is 11.7 Å². The van der Waals surface area contributed by atoms with E-state index in [4.69, 9.17) is 27.9 Å². The smallest absolute Gasteiger partial charge is 0.335 e. The molecule has 0 spiro atoms. The first-order valence-electron chi connectivity index (χ1n) is 12.6. The molecule has 4 N–H and O–H groups in total. The Hall–Kier alpha value is -3.92. The summed E-state index contributed by atoms with van der Waals surface area (Å²) in [4.78, 5) is 39.0. The van der Waals surface area contributed by atoms with Crippen molar-refractivity contribution in [2.45, 2.75) is 31.8 Å². The number of aromatic carboxylic acids is 1. The second kappa shape index (κ2) is 12.7. The lowest BCUT2D eigenvalue weighted by Gasteiger charge is -2.25. The van der Waals surface area contributed by atoms with Crippen molar-refractivity contribution in [3.63, 3.8) is 0 Å². The second-order valence-corrected chi connectivity index (χ2v) is 10.7. The number of halogens is 3. The molecule has 3 aromatic rings. The van der Waals surface area contributed by atoms with Gasteiger partial charge in [-0.05, 0) is 61.9 Å². The van der Waals surface area contributed by atoms with Crippen molar-refractivity contribution in [3.05, 3.63) is 99.3 Å². The lowest BCUT2D eigenvalue weighted by molar-refractivity contribution is -0.120. The summed E-state index contributed by atoms with van der Waals surface area (Å²) < 4.78 is 20.8. The number of anilines is 2. The van der Waals surface area contributed by atoms with Gasteiger partial charge in [0.15, 0.2) is 0 Å². The summed E-state index contributed by atoms with van der Waals surface area (Å²) >= 11 is 12.2. The van der Waals surface area contributed by atoms with Crippen LogP contribution in [0.3, 0.4) is 0 Å². The third-order valence-corrected chi connectivity index (χ3v) is 7.27. The van der Waals surface area contributed by atoms with Crippen LogP contribution in [0.2, 0.25) is 10.0 Å². The summed E-state index contributed by atoms with van der Waals surface area (Å²) in [5.74, 6) is -4.74. The maximum atomic E-state index is 15.5. The maximum Gasteiger partial charge on any atom is 0.335 e. The fraction of sp³-hybridized carbons (Fsp3) is 0.233. The van der Waals surface area contributed by atoms with Crippen LogP contribution >= 0.6 is 23.2 Å². The van der Waals surface area contributed by atoms with Crippen LogP contribution < -0.4 is 20.7 Å². The van der Waals surface area contributed by atoms with Gasteiger partial charge in [-0.2, -0.15) is 0 Å². The molecule has 41 heavy (non-hydrogen) atoms. The van der Waals surface area contributed by atoms with Crippen molar-refractivity contribution in [2.75, 3.05) is 17.7 Å². The number of ether oxygens (including phenoxy) is 1. The minimum absolute atomic E-state index is 0.0286. The molecule has 3 aromatic carbocycles. The van der Waals surface area contributed by atoms with Gasteiger partial charge in [0.05, 0.1) is 35.3 Å². The molecule has 8 nitrogen and oxygen atoms in total. The number of carbonyl (C=O) groups excluding carboxylic acids is 2. The topological polar surface area (TPSA) is 117 Å². The number of carboxylic acid groups (broad SMARTS) is 1. The van der Waals surface area contributed by atoms with Gasteiger partial charge in [-0.15, -0.1) is 0 Å². The van der Waals surface area contributed by atoms with Gasteiger partial charge < -0.3 is 20.5 Å². The third-order valence-electron chi connectivity index (χ3n) is 6.74. The van der Waals surface area contributed by atoms with Crippen LogP contribution in [0.4, 0.5) is 15.8 Å². The lowest BCUT2D eigenvalue weighted by Crippen LogP contribution is -2.41. The quantitative estimate of drug-likeness (QED) is 0.232. The molecular weight excluding hydrogens is 572 g/mol. The van der Waals surface area contributed by atoms with Crippen molar-refractivity contribution in [1.29, 1.82) is 0 Å². The van der Waals surface area contributed by atoms with Crippen molar-refractivity contribution in [2.24, 2.45) is 5.92 Å². The first-order chi connectivity index (χ1) is 19.5. The Morgan fingerprint density at radius 2 is 1.73 bits per heavy atom. The molecule has 0 radical (unpaired) electrons. The van der Waals surface area contributed by atoms with Gasteiger partial charge in [-0.25, -0.2) is 9.18 Å². The molecule has 0 aliphatic carbocycles. The molecule has 1 aliphatic rings. The van der Waals surface area contributed by atoms with Crippen molar-refractivity contribution < 1.29 is 28.6 Å². The van der Waals surface area contributed by atoms with Gasteiger partial charge in [0.2, 0.25) is 11.8 Å². The van der Waals surface area contributed by atoms with E-state index in [-0.39, 0.29) is 27.6 Å². The first kappa shape index (κ1) is 30.0. The number of hydrogen-bond acceptors (Lipinski definition) is 5. The first-order valence-corrected chi connectivity index (χ1v) is 13.4. The number of amides is 2. The van der Waals surface area contributed by atoms with E-state index in [0.717, 1.165) is 5.57 Å². The van der Waals surface area contributed by atoms with E-state index < -0.39 is 47.5 Å². The van der Waals surface area contributed by atoms with Crippen LogP contribution in [-0.2, 0) is 9.59 Å². The zero-order chi connectivity index (χ0) is 29.8. The maximum absolute atomic E-state index is 15.5. The summed E-state index contributed by atoms with van der Waals surface area (Å²) in [6, 6.07) is 13.3. The number of rotatable bonds is 8. The molecule has 4 atom stereocenters. The van der Waals surface area contributed by atoms with E-state index >= 15 is 4.39 Å². The predicted molar refractivity (Wildman–Crippen MR) is 156 cm³/mol. The van der Waals surface area contributed by atoms with E-state index in [1.54, 1.807) is 30.3 Å². The van der Waals surface area contributed by atoms with Crippen molar-refractivity contribution >= 4 is 52.4 Å². The van der Waals surface area contributed by atoms with Gasteiger partial charge in [0.25, 0.3) is 0 Å². The molecule has 1 aliphatic heterocycles. The number of carboxylic acids is 1. The fourth-order valence-electron chi connectivity index (χ4n) is 5.00. The molecule has 1 saturated heterocycles. The van der Waals surface area contributed by atoms with E-state index in [2.05, 4.69) is 16.0 Å². The monoisotopic (exact) mass is 599 g/mol. The highest BCUT2D eigenvalue weighted by molar-refractivity contribution is 6.31. The van der Waals surface area contributed by atoms with Crippen LogP contribution in [0.25, 0.3) is 0 Å². The molecule has 2 amide bonds. The van der Waals surface area contributed by atoms with Gasteiger partial charge >= 0.3 is 5.97 Å². The zero-order valence-corrected chi connectivity index (χ0v) is 23.9. The highest BCUT2D eigenvalue weighted by atomic mass is 35.5. The van der Waals surface area contributed by atoms with Crippen LogP contribution in [0.15, 0.2) is 72.3 Å². The Kier molecular flexibility index (Phi) is 9.32. The summed E-state index contributed by atoms with van der Waals surface area (Å²) in [7, 11) is 1.34. The second-order valence-electron chi connectivity index (χ2n) is 9.82. The highest BCUT2D eigenvalue weighted by Gasteiger charge is 2.50. The van der Waals surface area contributed by atoms with Gasteiger partial charge in [-0.1, -0.05) is 53.1 Å². The number of methoxy groups -OCH3 is 1. The third kappa shape index (κ3) is 6.70. The summed E-state index contributed by atoms with van der Waals surface area (Å²) in [5.41, 5.74) is 1.59. The Morgan fingerprint density at radius 3 is 2.39 bits per heavy atom. The molecule has 1 heterocycles. The molecular formula is C30H28Cl2FN3O5. The van der Waals surface area contributed by atoms with Crippen LogP contribution in [0.5, 0.6) is 5.75 Å².